The molecule has 1 aromatic heterocycles. The smallest absolute Gasteiger partial charge is 0.268 e. The van der Waals surface area contributed by atoms with Crippen LogP contribution in [-0.4, -0.2) is 30.0 Å². The molecule has 1 amide bonds. The first kappa shape index (κ1) is 24.0. The third-order valence-corrected chi connectivity index (χ3v) is 8.34. The number of fused-ring (bicyclic) bond motifs is 3. The topological polar surface area (TPSA) is 92.3 Å². The number of anilines is 2. The second-order valence-corrected chi connectivity index (χ2v) is 10.9. The van der Waals surface area contributed by atoms with Gasteiger partial charge in [0.25, 0.3) is 10.0 Å². The Balaban J connectivity index is 1.41. The number of nitrogens with one attached hydrogen (secondary N) is 1. The molecular weight excluding hydrogens is 499 g/mol. The molecule has 0 radical (unpaired) electrons. The summed E-state index contributed by atoms with van der Waals surface area (Å²) in [6, 6.07) is 20.3. The summed E-state index contributed by atoms with van der Waals surface area (Å²) < 4.78 is 41.7. The molecule has 10 heteroatoms. The number of aryl methyl sites for hydroxylation is 1. The maximum atomic E-state index is 13.6. The van der Waals surface area contributed by atoms with Crippen LogP contribution < -0.4 is 9.62 Å². The van der Waals surface area contributed by atoms with Crippen molar-refractivity contribution in [2.75, 3.05) is 15.4 Å². The molecule has 0 aliphatic carbocycles. The minimum absolute atomic E-state index is 0.0166. The van der Waals surface area contributed by atoms with Crippen molar-refractivity contribution in [3.63, 3.8) is 0 Å². The summed E-state index contributed by atoms with van der Waals surface area (Å²) in [6.07, 6.45) is 1.28. The summed E-state index contributed by atoms with van der Waals surface area (Å²) in [5.41, 5.74) is 3.73. The molecule has 2 heterocycles. The summed E-state index contributed by atoms with van der Waals surface area (Å²) in [5, 5.41) is 3.16. The molecule has 4 aromatic rings. The van der Waals surface area contributed by atoms with E-state index in [1.54, 1.807) is 36.4 Å². The molecule has 1 aliphatic rings. The van der Waals surface area contributed by atoms with E-state index in [9.17, 15) is 17.6 Å². The number of benzene rings is 3. The van der Waals surface area contributed by atoms with Crippen molar-refractivity contribution >= 4 is 39.1 Å². The first-order chi connectivity index (χ1) is 17.3. The summed E-state index contributed by atoms with van der Waals surface area (Å²) >= 11 is 1.13. The summed E-state index contributed by atoms with van der Waals surface area (Å²) in [4.78, 5) is 21.2. The van der Waals surface area contributed by atoms with Gasteiger partial charge < -0.3 is 5.32 Å². The Bertz CT molecular complexity index is 1560. The fourth-order valence-electron chi connectivity index (χ4n) is 3.90. The highest BCUT2D eigenvalue weighted by atomic mass is 32.2. The fourth-order valence-corrected chi connectivity index (χ4v) is 6.08. The predicted molar refractivity (Wildman–Crippen MR) is 138 cm³/mol. The lowest BCUT2D eigenvalue weighted by atomic mass is 10.1. The molecule has 1 N–H and O–H groups in total. The number of sulfonamides is 1. The van der Waals surface area contributed by atoms with E-state index in [1.807, 2.05) is 31.2 Å². The van der Waals surface area contributed by atoms with Crippen molar-refractivity contribution < 1.29 is 17.6 Å². The second kappa shape index (κ2) is 9.71. The van der Waals surface area contributed by atoms with Gasteiger partial charge in [0.05, 0.1) is 29.9 Å². The van der Waals surface area contributed by atoms with Crippen LogP contribution in [0.25, 0.3) is 11.3 Å². The SMILES string of the molecule is Cc1ccccc1NC(=O)CSc1ncc2c(n1)-c1ccccc1N(Cc1ccc(F)cc1)S2(=O)=O. The summed E-state index contributed by atoms with van der Waals surface area (Å²) in [6.45, 7) is 1.95. The van der Waals surface area contributed by atoms with Crippen molar-refractivity contribution in [1.82, 2.24) is 9.97 Å². The molecular formula is C26H21FN4O3S2. The Morgan fingerprint density at radius 2 is 1.75 bits per heavy atom. The van der Waals surface area contributed by atoms with E-state index >= 15 is 0 Å². The Hall–Kier alpha value is -3.76. The number of hydrogen-bond donors (Lipinski definition) is 1. The Morgan fingerprint density at radius 1 is 1.03 bits per heavy atom. The van der Waals surface area contributed by atoms with Crippen molar-refractivity contribution in [2.45, 2.75) is 23.5 Å². The first-order valence-corrected chi connectivity index (χ1v) is 13.5. The minimum Gasteiger partial charge on any atom is -0.325 e. The Morgan fingerprint density at radius 3 is 2.53 bits per heavy atom. The van der Waals surface area contributed by atoms with Crippen LogP contribution in [0.3, 0.4) is 0 Å². The van der Waals surface area contributed by atoms with Crippen LogP contribution in [0.2, 0.25) is 0 Å². The van der Waals surface area contributed by atoms with Gasteiger partial charge in [0.15, 0.2) is 5.16 Å². The molecule has 36 heavy (non-hydrogen) atoms. The molecule has 0 saturated carbocycles. The maximum Gasteiger partial charge on any atom is 0.268 e. The van der Waals surface area contributed by atoms with Crippen LogP contribution in [0.4, 0.5) is 15.8 Å². The number of amides is 1. The Labute approximate surface area is 212 Å². The van der Waals surface area contributed by atoms with Crippen LogP contribution in [0.1, 0.15) is 11.1 Å². The van der Waals surface area contributed by atoms with Crippen LogP contribution >= 0.6 is 11.8 Å². The zero-order valence-electron chi connectivity index (χ0n) is 19.2. The van der Waals surface area contributed by atoms with Gasteiger partial charge in [-0.1, -0.05) is 60.3 Å². The van der Waals surface area contributed by atoms with Gasteiger partial charge in [-0.15, -0.1) is 0 Å². The molecule has 182 valence electrons. The average molecular weight is 521 g/mol. The van der Waals surface area contributed by atoms with Crippen molar-refractivity contribution in [3.05, 3.63) is 95.9 Å². The standard InChI is InChI=1S/C26H21FN4O3S2/c1-17-6-2-4-8-21(17)29-24(32)16-35-26-28-14-23-25(30-26)20-7-3-5-9-22(20)31(36(23,33)34)15-18-10-12-19(27)13-11-18/h2-14H,15-16H2,1H3,(H,29,32). The highest BCUT2D eigenvalue weighted by Crippen LogP contribution is 2.42. The summed E-state index contributed by atoms with van der Waals surface area (Å²) in [7, 11) is -3.97. The number of hydrogen-bond acceptors (Lipinski definition) is 6. The lowest BCUT2D eigenvalue weighted by molar-refractivity contribution is -0.113. The highest BCUT2D eigenvalue weighted by molar-refractivity contribution is 7.99. The monoisotopic (exact) mass is 520 g/mol. The fraction of sp³-hybridized carbons (Fsp3) is 0.115. The van der Waals surface area contributed by atoms with E-state index in [0.29, 0.717) is 22.0 Å². The van der Waals surface area contributed by atoms with E-state index in [2.05, 4.69) is 15.3 Å². The number of thioether (sulfide) groups is 1. The normalized spacial score (nSPS) is 13.6. The van der Waals surface area contributed by atoms with E-state index in [4.69, 9.17) is 0 Å². The van der Waals surface area contributed by atoms with Gasteiger partial charge in [0.2, 0.25) is 5.91 Å². The van der Waals surface area contributed by atoms with Crippen molar-refractivity contribution in [1.29, 1.82) is 0 Å². The third kappa shape index (κ3) is 4.69. The summed E-state index contributed by atoms with van der Waals surface area (Å²) in [5.74, 6) is -0.538. The van der Waals surface area contributed by atoms with E-state index < -0.39 is 15.8 Å². The molecule has 5 rings (SSSR count). The molecule has 0 bridgehead atoms. The quantitative estimate of drug-likeness (QED) is 0.283. The van der Waals surface area contributed by atoms with Crippen LogP contribution in [0, 0.1) is 12.7 Å². The molecule has 0 unspecified atom stereocenters. The Kier molecular flexibility index (Phi) is 6.46. The average Bonchev–Trinajstić information content (AvgIpc) is 2.88. The first-order valence-electron chi connectivity index (χ1n) is 11.0. The van der Waals surface area contributed by atoms with Gasteiger partial charge in [0.1, 0.15) is 10.7 Å². The zero-order chi connectivity index (χ0) is 25.3. The van der Waals surface area contributed by atoms with Crippen LogP contribution in [-0.2, 0) is 21.4 Å². The van der Waals surface area contributed by atoms with Gasteiger partial charge >= 0.3 is 0 Å². The number of carbonyl (C=O) groups excluding carboxylic acids is 1. The van der Waals surface area contributed by atoms with Crippen LogP contribution in [0.5, 0.6) is 0 Å². The number of aromatic nitrogens is 2. The van der Waals surface area contributed by atoms with Gasteiger partial charge in [-0.25, -0.2) is 22.8 Å². The zero-order valence-corrected chi connectivity index (χ0v) is 20.8. The predicted octanol–water partition coefficient (Wildman–Crippen LogP) is 5.03. The number of halogens is 1. The molecule has 3 aromatic carbocycles. The number of nitrogens with zero attached hydrogens (tertiary/aromatic N) is 3. The number of carbonyl (C=O) groups is 1. The van der Waals surface area contributed by atoms with Gasteiger partial charge in [-0.2, -0.15) is 0 Å². The molecule has 7 nitrogen and oxygen atoms in total. The maximum absolute atomic E-state index is 13.6. The largest absolute Gasteiger partial charge is 0.325 e. The highest BCUT2D eigenvalue weighted by Gasteiger charge is 2.36. The third-order valence-electron chi connectivity index (χ3n) is 5.72. The van der Waals surface area contributed by atoms with Gasteiger partial charge in [-0.05, 0) is 42.3 Å². The van der Waals surface area contributed by atoms with Crippen molar-refractivity contribution in [3.8, 4) is 11.3 Å². The van der Waals surface area contributed by atoms with E-state index in [1.165, 1.54) is 22.6 Å². The van der Waals surface area contributed by atoms with Crippen LogP contribution in [0.15, 0.2) is 89.0 Å². The van der Waals surface area contributed by atoms with E-state index in [0.717, 1.165) is 23.0 Å². The van der Waals surface area contributed by atoms with Gasteiger partial charge in [0, 0.05) is 11.3 Å². The number of rotatable bonds is 6. The second-order valence-electron chi connectivity index (χ2n) is 8.17. The molecule has 0 saturated heterocycles. The molecule has 0 fully saturated rings. The van der Waals surface area contributed by atoms with Gasteiger partial charge in [-0.3, -0.25) is 9.10 Å². The van der Waals surface area contributed by atoms with E-state index in [-0.39, 0.29) is 28.8 Å². The lowest BCUT2D eigenvalue weighted by Crippen LogP contribution is -2.34. The lowest BCUT2D eigenvalue weighted by Gasteiger charge is -2.31. The molecule has 0 atom stereocenters. The van der Waals surface area contributed by atoms with Crippen molar-refractivity contribution in [2.24, 2.45) is 0 Å². The molecule has 1 aliphatic heterocycles. The number of para-hydroxylation sites is 2. The molecule has 0 spiro atoms. The minimum atomic E-state index is -3.97.